The fraction of sp³-hybridized carbons (Fsp3) is 0.222. The average molecular weight is 216 g/mol. The smallest absolute Gasteiger partial charge is 0.278 e. The maximum absolute atomic E-state index is 13.1. The van der Waals surface area contributed by atoms with Crippen molar-refractivity contribution in [3.63, 3.8) is 0 Å². The van der Waals surface area contributed by atoms with Gasteiger partial charge in [0.15, 0.2) is 5.82 Å². The number of aromatic nitrogens is 2. The van der Waals surface area contributed by atoms with E-state index in [1.165, 1.54) is 7.11 Å². The molecule has 3 nitrogen and oxygen atoms in total. The summed E-state index contributed by atoms with van der Waals surface area (Å²) in [4.78, 5) is 6.10. The lowest BCUT2D eigenvalue weighted by molar-refractivity contribution is 0.147. The molecule has 0 aliphatic rings. The minimum Gasteiger partial charge on any atom is -0.479 e. The summed E-state index contributed by atoms with van der Waals surface area (Å²) >= 11 is 0. The maximum Gasteiger partial charge on any atom is 0.278 e. The third kappa shape index (κ3) is 1.62. The summed E-state index contributed by atoms with van der Waals surface area (Å²) in [6.45, 7) is 0. The van der Waals surface area contributed by atoms with Crippen LogP contribution in [0.2, 0.25) is 0 Å². The number of rotatable bonds is 2. The van der Waals surface area contributed by atoms with Crippen LogP contribution in [-0.2, 0) is 0 Å². The van der Waals surface area contributed by atoms with Crippen LogP contribution in [0, 0.1) is 5.82 Å². The van der Waals surface area contributed by atoms with Crippen molar-refractivity contribution in [1.82, 2.24) is 9.97 Å². The van der Waals surface area contributed by atoms with Gasteiger partial charge in [0.05, 0.1) is 12.8 Å². The lowest BCUT2D eigenvalue weighted by Crippen LogP contribution is -1.92. The van der Waals surface area contributed by atoms with E-state index in [1.54, 1.807) is 0 Å². The number of ether oxygens (including phenoxy) is 1. The highest BCUT2D eigenvalue weighted by molar-refractivity contribution is 5.77. The molecule has 0 fully saturated rings. The van der Waals surface area contributed by atoms with Crippen LogP contribution in [-0.4, -0.2) is 17.1 Å². The Labute approximate surface area is 82.9 Å². The van der Waals surface area contributed by atoms with Crippen molar-refractivity contribution in [2.24, 2.45) is 0 Å². The first-order valence-corrected chi connectivity index (χ1v) is 4.13. The van der Waals surface area contributed by atoms with E-state index in [2.05, 4.69) is 14.7 Å². The van der Waals surface area contributed by atoms with Crippen molar-refractivity contribution in [2.75, 3.05) is 7.11 Å². The van der Waals surface area contributed by atoms with Gasteiger partial charge in [-0.25, -0.2) is 13.2 Å². The van der Waals surface area contributed by atoms with Crippen molar-refractivity contribution < 1.29 is 17.9 Å². The third-order valence-corrected chi connectivity index (χ3v) is 1.98. The number of alkyl halides is 2. The molecule has 0 aliphatic heterocycles. The number of aromatic amines is 1. The predicted molar refractivity (Wildman–Crippen MR) is 47.6 cm³/mol. The Morgan fingerprint density at radius 1 is 1.40 bits per heavy atom. The minimum absolute atomic E-state index is 0.184. The van der Waals surface area contributed by atoms with Crippen LogP contribution in [0.25, 0.3) is 11.0 Å². The molecule has 80 valence electrons. The van der Waals surface area contributed by atoms with Crippen LogP contribution in [0.15, 0.2) is 12.1 Å². The molecule has 15 heavy (non-hydrogen) atoms. The Morgan fingerprint density at radius 3 is 2.73 bits per heavy atom. The molecule has 0 saturated carbocycles. The quantitative estimate of drug-likeness (QED) is 0.837. The van der Waals surface area contributed by atoms with Crippen molar-refractivity contribution in [3.05, 3.63) is 23.6 Å². The number of pyridine rings is 1. The van der Waals surface area contributed by atoms with Crippen LogP contribution in [0.5, 0.6) is 5.88 Å². The Bertz CT molecular complexity index is 495. The van der Waals surface area contributed by atoms with E-state index in [9.17, 15) is 13.2 Å². The molecule has 2 rings (SSSR count). The number of methoxy groups -OCH3 is 1. The lowest BCUT2D eigenvalue weighted by atomic mass is 10.3. The Balaban J connectivity index is 2.61. The first-order valence-electron chi connectivity index (χ1n) is 4.13. The van der Waals surface area contributed by atoms with Gasteiger partial charge in [-0.05, 0) is 12.1 Å². The van der Waals surface area contributed by atoms with Gasteiger partial charge >= 0.3 is 0 Å². The molecule has 1 N–H and O–H groups in total. The molecule has 2 aromatic rings. The van der Waals surface area contributed by atoms with Crippen molar-refractivity contribution in [2.45, 2.75) is 6.43 Å². The first kappa shape index (κ1) is 9.82. The van der Waals surface area contributed by atoms with Crippen LogP contribution in [0.4, 0.5) is 13.2 Å². The van der Waals surface area contributed by atoms with E-state index in [4.69, 9.17) is 0 Å². The molecule has 0 aliphatic carbocycles. The molecule has 0 radical (unpaired) electrons. The number of halogens is 3. The molecule has 0 atom stereocenters. The van der Waals surface area contributed by atoms with E-state index in [1.807, 2.05) is 0 Å². The van der Waals surface area contributed by atoms with Gasteiger partial charge in [-0.1, -0.05) is 0 Å². The van der Waals surface area contributed by atoms with Crippen molar-refractivity contribution in [3.8, 4) is 5.88 Å². The number of nitrogens with one attached hydrogen (secondary N) is 1. The number of hydrogen-bond donors (Lipinski definition) is 1. The fourth-order valence-corrected chi connectivity index (χ4v) is 1.30. The molecule has 0 aromatic carbocycles. The summed E-state index contributed by atoms with van der Waals surface area (Å²) in [6.07, 6.45) is -2.63. The minimum atomic E-state index is -2.63. The molecule has 0 bridgehead atoms. The number of H-pyrrole nitrogens is 1. The van der Waals surface area contributed by atoms with Crippen LogP contribution >= 0.6 is 0 Å². The van der Waals surface area contributed by atoms with E-state index >= 15 is 0 Å². The third-order valence-electron chi connectivity index (χ3n) is 1.98. The second-order valence-electron chi connectivity index (χ2n) is 2.94. The Hall–Kier alpha value is -1.72. The molecule has 0 amide bonds. The zero-order valence-corrected chi connectivity index (χ0v) is 7.72. The van der Waals surface area contributed by atoms with Gasteiger partial charge in [-0.2, -0.15) is 4.98 Å². The molecule has 0 spiro atoms. The Kier molecular flexibility index (Phi) is 2.26. The van der Waals surface area contributed by atoms with Crippen LogP contribution < -0.4 is 4.74 Å². The monoisotopic (exact) mass is 216 g/mol. The van der Waals surface area contributed by atoms with E-state index in [0.29, 0.717) is 5.39 Å². The standard InChI is InChI=1S/C9H7F3N2O/c1-15-9-5(10)2-4-3-6(7(11)12)13-8(4)14-9/h2-3,7H,1H3,(H,13,14). The van der Waals surface area contributed by atoms with Gasteiger partial charge in [-0.3, -0.25) is 0 Å². The summed E-state index contributed by atoms with van der Waals surface area (Å²) < 4.78 is 42.4. The van der Waals surface area contributed by atoms with Crippen LogP contribution in [0.3, 0.4) is 0 Å². The van der Waals surface area contributed by atoms with Gasteiger partial charge < -0.3 is 9.72 Å². The van der Waals surface area contributed by atoms with E-state index in [0.717, 1.165) is 12.1 Å². The molecule has 6 heteroatoms. The zero-order chi connectivity index (χ0) is 11.0. The summed E-state index contributed by atoms with van der Waals surface area (Å²) in [5, 5.41) is 0.295. The van der Waals surface area contributed by atoms with Crippen molar-refractivity contribution >= 4 is 11.0 Å². The number of hydrogen-bond acceptors (Lipinski definition) is 2. The highest BCUT2D eigenvalue weighted by Crippen LogP contribution is 2.25. The number of fused-ring (bicyclic) bond motifs is 1. The van der Waals surface area contributed by atoms with Gasteiger partial charge in [0.1, 0.15) is 5.65 Å². The highest BCUT2D eigenvalue weighted by atomic mass is 19.3. The lowest BCUT2D eigenvalue weighted by Gasteiger charge is -1.99. The fourth-order valence-electron chi connectivity index (χ4n) is 1.30. The summed E-state index contributed by atoms with van der Waals surface area (Å²) in [5.41, 5.74) is -0.103. The first-order chi connectivity index (χ1) is 7.11. The molecule has 2 aromatic heterocycles. The Morgan fingerprint density at radius 2 is 2.13 bits per heavy atom. The molecular formula is C9H7F3N2O. The zero-order valence-electron chi connectivity index (χ0n) is 7.72. The second-order valence-corrected chi connectivity index (χ2v) is 2.94. The average Bonchev–Trinajstić information content (AvgIpc) is 2.59. The van der Waals surface area contributed by atoms with Gasteiger partial charge in [-0.15, -0.1) is 0 Å². The summed E-state index contributed by atoms with van der Waals surface area (Å²) in [6, 6.07) is 2.26. The van der Waals surface area contributed by atoms with Gasteiger partial charge in [0.25, 0.3) is 12.3 Å². The predicted octanol–water partition coefficient (Wildman–Crippen LogP) is 2.65. The molecule has 0 saturated heterocycles. The molecule has 2 heterocycles. The van der Waals surface area contributed by atoms with Gasteiger partial charge in [0.2, 0.25) is 0 Å². The largest absolute Gasteiger partial charge is 0.479 e. The maximum atomic E-state index is 13.1. The normalized spacial score (nSPS) is 11.3. The number of nitrogens with zero attached hydrogens (tertiary/aromatic N) is 1. The summed E-state index contributed by atoms with van der Waals surface area (Å²) in [5.74, 6) is -0.894. The van der Waals surface area contributed by atoms with Crippen molar-refractivity contribution in [1.29, 1.82) is 0 Å². The SMILES string of the molecule is COc1nc2[nH]c(C(F)F)cc2cc1F. The molecular weight excluding hydrogens is 209 g/mol. The van der Waals surface area contributed by atoms with Gasteiger partial charge in [0, 0.05) is 5.39 Å². The van der Waals surface area contributed by atoms with E-state index in [-0.39, 0.29) is 17.2 Å². The summed E-state index contributed by atoms with van der Waals surface area (Å²) in [7, 11) is 1.26. The molecule has 0 unspecified atom stereocenters. The van der Waals surface area contributed by atoms with Crippen LogP contribution in [0.1, 0.15) is 12.1 Å². The van der Waals surface area contributed by atoms with E-state index < -0.39 is 12.2 Å². The highest BCUT2D eigenvalue weighted by Gasteiger charge is 2.14. The second kappa shape index (κ2) is 3.45. The topological polar surface area (TPSA) is 37.9 Å².